The van der Waals surface area contributed by atoms with Crippen LogP contribution in [0.25, 0.3) is 0 Å². The fourth-order valence-corrected chi connectivity index (χ4v) is 2.34. The molecule has 0 fully saturated rings. The first-order chi connectivity index (χ1) is 10.9. The zero-order chi connectivity index (χ0) is 17.0. The van der Waals surface area contributed by atoms with Crippen LogP contribution in [0.2, 0.25) is 5.02 Å². The van der Waals surface area contributed by atoms with E-state index in [1.54, 1.807) is 18.2 Å². The second-order valence-electron chi connectivity index (χ2n) is 5.42. The van der Waals surface area contributed by atoms with E-state index in [1.165, 1.54) is 12.2 Å². The van der Waals surface area contributed by atoms with Crippen LogP contribution in [-0.2, 0) is 4.79 Å². The van der Waals surface area contributed by atoms with Gasteiger partial charge < -0.3 is 5.32 Å². The van der Waals surface area contributed by atoms with Gasteiger partial charge in [0.25, 0.3) is 0 Å². The molecule has 0 spiro atoms. The Morgan fingerprint density at radius 2 is 1.61 bits per heavy atom. The maximum Gasteiger partial charge on any atom is 0.248 e. The SMILES string of the molecule is Cc1cc(C(=O)C=CC(=O)Nc2c(C)cccc2C)ccc1Cl. The van der Waals surface area contributed by atoms with E-state index in [4.69, 9.17) is 11.6 Å². The van der Waals surface area contributed by atoms with Crippen LogP contribution in [0.3, 0.4) is 0 Å². The molecule has 2 aromatic rings. The van der Waals surface area contributed by atoms with E-state index in [1.807, 2.05) is 39.0 Å². The number of amides is 1. The van der Waals surface area contributed by atoms with Gasteiger partial charge in [0.2, 0.25) is 5.91 Å². The topological polar surface area (TPSA) is 46.2 Å². The second-order valence-corrected chi connectivity index (χ2v) is 5.82. The summed E-state index contributed by atoms with van der Waals surface area (Å²) in [4.78, 5) is 24.1. The zero-order valence-corrected chi connectivity index (χ0v) is 14.1. The molecule has 23 heavy (non-hydrogen) atoms. The highest BCUT2D eigenvalue weighted by atomic mass is 35.5. The average molecular weight is 328 g/mol. The molecule has 0 heterocycles. The van der Waals surface area contributed by atoms with Gasteiger partial charge in [0.05, 0.1) is 0 Å². The number of halogens is 1. The van der Waals surface area contributed by atoms with Crippen LogP contribution in [0.15, 0.2) is 48.6 Å². The minimum Gasteiger partial charge on any atom is -0.322 e. The second kappa shape index (κ2) is 7.25. The molecule has 0 saturated heterocycles. The van der Waals surface area contributed by atoms with E-state index >= 15 is 0 Å². The molecule has 0 aromatic heterocycles. The van der Waals surface area contributed by atoms with Crippen molar-refractivity contribution in [3.63, 3.8) is 0 Å². The van der Waals surface area contributed by atoms with E-state index < -0.39 is 0 Å². The van der Waals surface area contributed by atoms with E-state index in [0.717, 1.165) is 22.4 Å². The highest BCUT2D eigenvalue weighted by Gasteiger charge is 2.07. The van der Waals surface area contributed by atoms with Crippen molar-refractivity contribution in [1.82, 2.24) is 0 Å². The number of carbonyl (C=O) groups is 2. The summed E-state index contributed by atoms with van der Waals surface area (Å²) in [5, 5.41) is 3.42. The average Bonchev–Trinajstić information content (AvgIpc) is 2.51. The lowest BCUT2D eigenvalue weighted by atomic mass is 10.1. The van der Waals surface area contributed by atoms with Crippen LogP contribution < -0.4 is 5.32 Å². The van der Waals surface area contributed by atoms with Crippen molar-refractivity contribution in [1.29, 1.82) is 0 Å². The Morgan fingerprint density at radius 3 is 2.22 bits per heavy atom. The Morgan fingerprint density at radius 1 is 0.957 bits per heavy atom. The van der Waals surface area contributed by atoms with E-state index in [2.05, 4.69) is 5.32 Å². The number of para-hydroxylation sites is 1. The number of aryl methyl sites for hydroxylation is 3. The van der Waals surface area contributed by atoms with Crippen molar-refractivity contribution in [2.24, 2.45) is 0 Å². The van der Waals surface area contributed by atoms with Crippen LogP contribution in [0.5, 0.6) is 0 Å². The quantitative estimate of drug-likeness (QED) is 0.656. The summed E-state index contributed by atoms with van der Waals surface area (Å²) in [5.41, 5.74) is 4.06. The summed E-state index contributed by atoms with van der Waals surface area (Å²) in [6, 6.07) is 10.8. The maximum absolute atomic E-state index is 12.1. The van der Waals surface area contributed by atoms with Crippen LogP contribution >= 0.6 is 11.6 Å². The van der Waals surface area contributed by atoms with Gasteiger partial charge in [-0.2, -0.15) is 0 Å². The van der Waals surface area contributed by atoms with Crippen LogP contribution in [0.1, 0.15) is 27.0 Å². The predicted molar refractivity (Wildman–Crippen MR) is 94.2 cm³/mol. The molecule has 0 aliphatic carbocycles. The summed E-state index contributed by atoms with van der Waals surface area (Å²) >= 11 is 5.94. The van der Waals surface area contributed by atoms with Crippen LogP contribution in [-0.4, -0.2) is 11.7 Å². The fraction of sp³-hybridized carbons (Fsp3) is 0.158. The Bertz CT molecular complexity index is 774. The Balaban J connectivity index is 2.08. The molecule has 0 atom stereocenters. The number of benzene rings is 2. The first-order valence-electron chi connectivity index (χ1n) is 7.24. The van der Waals surface area contributed by atoms with Crippen molar-refractivity contribution in [2.45, 2.75) is 20.8 Å². The van der Waals surface area contributed by atoms with Crippen molar-refractivity contribution < 1.29 is 9.59 Å². The van der Waals surface area contributed by atoms with Gasteiger partial charge in [0.15, 0.2) is 5.78 Å². The smallest absolute Gasteiger partial charge is 0.248 e. The fourth-order valence-electron chi connectivity index (χ4n) is 2.22. The summed E-state index contributed by atoms with van der Waals surface area (Å²) < 4.78 is 0. The summed E-state index contributed by atoms with van der Waals surface area (Å²) in [6.45, 7) is 5.68. The number of anilines is 1. The molecule has 0 aliphatic heterocycles. The third kappa shape index (κ3) is 4.30. The zero-order valence-electron chi connectivity index (χ0n) is 13.3. The van der Waals surface area contributed by atoms with Crippen molar-refractivity contribution in [3.8, 4) is 0 Å². The Kier molecular flexibility index (Phi) is 5.35. The molecule has 0 radical (unpaired) electrons. The minimum atomic E-state index is -0.332. The molecular formula is C19H18ClNO2. The van der Waals surface area contributed by atoms with Crippen molar-refractivity contribution >= 4 is 29.0 Å². The van der Waals surface area contributed by atoms with Gasteiger partial charge in [-0.1, -0.05) is 29.8 Å². The van der Waals surface area contributed by atoms with Gasteiger partial charge in [-0.25, -0.2) is 0 Å². The molecule has 0 bridgehead atoms. The molecule has 3 nitrogen and oxygen atoms in total. The number of rotatable bonds is 4. The first kappa shape index (κ1) is 17.0. The summed E-state index contributed by atoms with van der Waals surface area (Å²) in [7, 11) is 0. The number of allylic oxidation sites excluding steroid dienone is 1. The first-order valence-corrected chi connectivity index (χ1v) is 7.62. The standard InChI is InChI=1S/C19H18ClNO2/c1-12-5-4-6-13(2)19(12)21-18(23)10-9-17(22)15-7-8-16(20)14(3)11-15/h4-11H,1-3H3,(H,21,23). The molecular weight excluding hydrogens is 310 g/mol. The number of hydrogen-bond acceptors (Lipinski definition) is 2. The third-order valence-corrected chi connectivity index (χ3v) is 3.98. The lowest BCUT2D eigenvalue weighted by Gasteiger charge is -2.09. The van der Waals surface area contributed by atoms with Gasteiger partial charge >= 0.3 is 0 Å². The van der Waals surface area contributed by atoms with E-state index in [-0.39, 0.29) is 11.7 Å². The van der Waals surface area contributed by atoms with E-state index in [9.17, 15) is 9.59 Å². The third-order valence-electron chi connectivity index (χ3n) is 3.56. The van der Waals surface area contributed by atoms with Gasteiger partial charge in [-0.15, -0.1) is 0 Å². The number of carbonyl (C=O) groups excluding carboxylic acids is 2. The molecule has 0 unspecified atom stereocenters. The molecule has 118 valence electrons. The lowest BCUT2D eigenvalue weighted by molar-refractivity contribution is -0.111. The minimum absolute atomic E-state index is 0.235. The normalized spacial score (nSPS) is 10.8. The predicted octanol–water partition coefficient (Wildman–Crippen LogP) is 4.64. The van der Waals surface area contributed by atoms with Gasteiger partial charge in [-0.3, -0.25) is 9.59 Å². The van der Waals surface area contributed by atoms with Gasteiger partial charge in [-0.05, 0) is 61.7 Å². The molecule has 2 aromatic carbocycles. The van der Waals surface area contributed by atoms with Crippen LogP contribution in [0.4, 0.5) is 5.69 Å². The Hall–Kier alpha value is -2.39. The Labute approximate surface area is 141 Å². The molecule has 2 rings (SSSR count). The number of ketones is 1. The monoisotopic (exact) mass is 327 g/mol. The van der Waals surface area contributed by atoms with E-state index in [0.29, 0.717) is 10.6 Å². The molecule has 1 amide bonds. The van der Waals surface area contributed by atoms with Crippen molar-refractivity contribution in [2.75, 3.05) is 5.32 Å². The molecule has 1 N–H and O–H groups in total. The number of hydrogen-bond donors (Lipinski definition) is 1. The summed E-state index contributed by atoms with van der Waals surface area (Å²) in [6.07, 6.45) is 2.52. The van der Waals surface area contributed by atoms with Gasteiger partial charge in [0.1, 0.15) is 0 Å². The number of nitrogens with one attached hydrogen (secondary N) is 1. The molecule has 0 aliphatic rings. The van der Waals surface area contributed by atoms with Crippen molar-refractivity contribution in [3.05, 3.63) is 75.8 Å². The molecule has 4 heteroatoms. The highest BCUT2D eigenvalue weighted by Crippen LogP contribution is 2.19. The largest absolute Gasteiger partial charge is 0.322 e. The molecule has 0 saturated carbocycles. The van der Waals surface area contributed by atoms with Gasteiger partial charge in [0, 0.05) is 22.3 Å². The van der Waals surface area contributed by atoms with Crippen LogP contribution in [0, 0.1) is 20.8 Å². The lowest BCUT2D eigenvalue weighted by Crippen LogP contribution is -2.11. The summed E-state index contributed by atoms with van der Waals surface area (Å²) in [5.74, 6) is -0.567. The highest BCUT2D eigenvalue weighted by molar-refractivity contribution is 6.31. The maximum atomic E-state index is 12.1.